The van der Waals surface area contributed by atoms with Crippen LogP contribution < -0.4 is 15.5 Å². The summed E-state index contributed by atoms with van der Waals surface area (Å²) in [6.07, 6.45) is 2.40. The van der Waals surface area contributed by atoms with Gasteiger partial charge >= 0.3 is 6.03 Å². The molecular formula is C23H26N4O3. The van der Waals surface area contributed by atoms with Crippen LogP contribution in [0.1, 0.15) is 30.9 Å². The predicted molar refractivity (Wildman–Crippen MR) is 115 cm³/mol. The third kappa shape index (κ3) is 3.75. The van der Waals surface area contributed by atoms with Crippen molar-refractivity contribution >= 4 is 29.2 Å². The number of anilines is 2. The second-order valence-corrected chi connectivity index (χ2v) is 8.10. The average molecular weight is 406 g/mol. The first-order valence-corrected chi connectivity index (χ1v) is 10.2. The van der Waals surface area contributed by atoms with Crippen molar-refractivity contribution < 1.29 is 14.4 Å². The molecule has 2 saturated heterocycles. The third-order valence-corrected chi connectivity index (χ3v) is 5.83. The number of nitrogens with one attached hydrogen (secondary N) is 2. The first-order chi connectivity index (χ1) is 14.4. The molecule has 2 aromatic rings. The highest BCUT2D eigenvalue weighted by molar-refractivity contribution is 6.10. The van der Waals surface area contributed by atoms with E-state index in [1.165, 1.54) is 12.8 Å². The topological polar surface area (TPSA) is 81.8 Å². The Morgan fingerprint density at radius 3 is 2.30 bits per heavy atom. The van der Waals surface area contributed by atoms with Gasteiger partial charge in [-0.3, -0.25) is 14.5 Å². The minimum atomic E-state index is -1.18. The Labute approximate surface area is 176 Å². The van der Waals surface area contributed by atoms with Crippen LogP contribution in [-0.2, 0) is 15.1 Å². The molecule has 156 valence electrons. The Bertz CT molecular complexity index is 965. The molecule has 2 aromatic carbocycles. The largest absolute Gasteiger partial charge is 0.372 e. The standard InChI is InChI=1S/C23H26N4O3/c1-16-5-7-17(8-6-16)23(2)21(29)27(22(30)25-23)15-20(28)24-18-9-11-19(12-10-18)26-13-3-4-14-26/h5-12H,3-4,13-15H2,1-2H3,(H,24,28)(H,25,30). The average Bonchev–Trinajstić information content (AvgIpc) is 3.33. The lowest BCUT2D eigenvalue weighted by molar-refractivity contribution is -0.133. The van der Waals surface area contributed by atoms with Gasteiger partial charge in [-0.15, -0.1) is 0 Å². The van der Waals surface area contributed by atoms with Crippen molar-refractivity contribution in [2.24, 2.45) is 0 Å². The molecule has 7 heteroatoms. The van der Waals surface area contributed by atoms with Gasteiger partial charge < -0.3 is 15.5 Å². The minimum Gasteiger partial charge on any atom is -0.372 e. The number of aryl methyl sites for hydroxylation is 1. The summed E-state index contributed by atoms with van der Waals surface area (Å²) < 4.78 is 0. The van der Waals surface area contributed by atoms with E-state index in [-0.39, 0.29) is 6.54 Å². The summed E-state index contributed by atoms with van der Waals surface area (Å²) in [5.74, 6) is -0.850. The lowest BCUT2D eigenvalue weighted by Crippen LogP contribution is -2.42. The van der Waals surface area contributed by atoms with Crippen LogP contribution in [-0.4, -0.2) is 42.4 Å². The van der Waals surface area contributed by atoms with Gasteiger partial charge in [-0.1, -0.05) is 29.8 Å². The Morgan fingerprint density at radius 1 is 1.03 bits per heavy atom. The fraction of sp³-hybridized carbons (Fsp3) is 0.348. The van der Waals surface area contributed by atoms with Crippen molar-refractivity contribution in [3.05, 3.63) is 59.7 Å². The first kappa shape index (κ1) is 19.9. The number of urea groups is 1. The molecule has 0 saturated carbocycles. The van der Waals surface area contributed by atoms with E-state index in [1.54, 1.807) is 6.92 Å². The zero-order chi connectivity index (χ0) is 21.3. The van der Waals surface area contributed by atoms with Crippen molar-refractivity contribution in [2.75, 3.05) is 29.9 Å². The number of hydrogen-bond donors (Lipinski definition) is 2. The van der Waals surface area contributed by atoms with Crippen LogP contribution in [0.15, 0.2) is 48.5 Å². The molecule has 1 unspecified atom stereocenters. The maximum absolute atomic E-state index is 13.0. The summed E-state index contributed by atoms with van der Waals surface area (Å²) in [7, 11) is 0. The van der Waals surface area contributed by atoms with Gasteiger partial charge in [0.2, 0.25) is 5.91 Å². The van der Waals surface area contributed by atoms with E-state index in [0.717, 1.165) is 29.2 Å². The quantitative estimate of drug-likeness (QED) is 0.748. The highest BCUT2D eigenvalue weighted by atomic mass is 16.2. The fourth-order valence-corrected chi connectivity index (χ4v) is 4.00. The van der Waals surface area contributed by atoms with Crippen LogP contribution in [0.2, 0.25) is 0 Å². The van der Waals surface area contributed by atoms with E-state index in [2.05, 4.69) is 15.5 Å². The number of nitrogens with zero attached hydrogens (tertiary/aromatic N) is 2. The molecular weight excluding hydrogens is 380 g/mol. The number of benzene rings is 2. The molecule has 2 aliphatic heterocycles. The summed E-state index contributed by atoms with van der Waals surface area (Å²) in [6.45, 7) is 5.39. The van der Waals surface area contributed by atoms with Crippen molar-refractivity contribution in [1.29, 1.82) is 0 Å². The molecule has 1 atom stereocenters. The summed E-state index contributed by atoms with van der Waals surface area (Å²) in [5.41, 5.74) is 2.34. The van der Waals surface area contributed by atoms with Crippen molar-refractivity contribution in [3.8, 4) is 0 Å². The normalized spacial score (nSPS) is 21.1. The molecule has 30 heavy (non-hydrogen) atoms. The van der Waals surface area contributed by atoms with Gasteiger partial charge in [0, 0.05) is 24.5 Å². The SMILES string of the molecule is Cc1ccc(C2(C)NC(=O)N(CC(=O)Nc3ccc(N4CCCC4)cc3)C2=O)cc1. The van der Waals surface area contributed by atoms with E-state index in [4.69, 9.17) is 0 Å². The van der Waals surface area contributed by atoms with Gasteiger partial charge in [0.25, 0.3) is 5.91 Å². The Kier molecular flexibility index (Phi) is 5.20. The summed E-state index contributed by atoms with van der Waals surface area (Å²) >= 11 is 0. The number of carbonyl (C=O) groups excluding carboxylic acids is 3. The van der Waals surface area contributed by atoms with E-state index >= 15 is 0 Å². The zero-order valence-corrected chi connectivity index (χ0v) is 17.3. The Morgan fingerprint density at radius 2 is 1.67 bits per heavy atom. The van der Waals surface area contributed by atoms with Crippen LogP contribution in [0.3, 0.4) is 0 Å². The van der Waals surface area contributed by atoms with Gasteiger partial charge in [0.15, 0.2) is 0 Å². The number of hydrogen-bond acceptors (Lipinski definition) is 4. The molecule has 0 aromatic heterocycles. The monoisotopic (exact) mass is 406 g/mol. The van der Waals surface area contributed by atoms with Crippen molar-refractivity contribution in [2.45, 2.75) is 32.2 Å². The highest BCUT2D eigenvalue weighted by Gasteiger charge is 2.49. The smallest absolute Gasteiger partial charge is 0.325 e. The van der Waals surface area contributed by atoms with Gasteiger partial charge in [-0.25, -0.2) is 4.79 Å². The molecule has 4 amide bonds. The molecule has 0 radical (unpaired) electrons. The molecule has 0 aliphatic carbocycles. The van der Waals surface area contributed by atoms with E-state index in [1.807, 2.05) is 55.5 Å². The highest BCUT2D eigenvalue weighted by Crippen LogP contribution is 2.29. The number of rotatable bonds is 5. The molecule has 4 rings (SSSR count). The van der Waals surface area contributed by atoms with Gasteiger partial charge in [0.05, 0.1) is 0 Å². The first-order valence-electron chi connectivity index (χ1n) is 10.2. The van der Waals surface area contributed by atoms with Gasteiger partial charge in [-0.2, -0.15) is 0 Å². The third-order valence-electron chi connectivity index (χ3n) is 5.83. The van der Waals surface area contributed by atoms with E-state index < -0.39 is 23.4 Å². The van der Waals surface area contributed by atoms with E-state index in [9.17, 15) is 14.4 Å². The predicted octanol–water partition coefficient (Wildman–Crippen LogP) is 3.00. The maximum Gasteiger partial charge on any atom is 0.325 e. The maximum atomic E-state index is 13.0. The van der Waals surface area contributed by atoms with Crippen molar-refractivity contribution in [1.82, 2.24) is 10.2 Å². The molecule has 2 aliphatic rings. The van der Waals surface area contributed by atoms with E-state index in [0.29, 0.717) is 11.3 Å². The number of imide groups is 1. The van der Waals surface area contributed by atoms with Crippen LogP contribution in [0.25, 0.3) is 0 Å². The lowest BCUT2D eigenvalue weighted by Gasteiger charge is -2.22. The Balaban J connectivity index is 1.41. The molecule has 0 bridgehead atoms. The fourth-order valence-electron chi connectivity index (χ4n) is 4.00. The van der Waals surface area contributed by atoms with Crippen LogP contribution in [0.5, 0.6) is 0 Å². The summed E-state index contributed by atoms with van der Waals surface area (Å²) in [6, 6.07) is 14.5. The van der Waals surface area contributed by atoms with Crippen LogP contribution >= 0.6 is 0 Å². The zero-order valence-electron chi connectivity index (χ0n) is 17.3. The van der Waals surface area contributed by atoms with Crippen molar-refractivity contribution in [3.63, 3.8) is 0 Å². The number of amides is 4. The second kappa shape index (κ2) is 7.82. The molecule has 7 nitrogen and oxygen atoms in total. The van der Waals surface area contributed by atoms with Gasteiger partial charge in [0.1, 0.15) is 12.1 Å². The lowest BCUT2D eigenvalue weighted by atomic mass is 9.91. The molecule has 2 N–H and O–H groups in total. The molecule has 2 fully saturated rings. The van der Waals surface area contributed by atoms with Crippen LogP contribution in [0.4, 0.5) is 16.2 Å². The summed E-state index contributed by atoms with van der Waals surface area (Å²) in [5, 5.41) is 5.50. The molecule has 2 heterocycles. The van der Waals surface area contributed by atoms with Crippen LogP contribution in [0, 0.1) is 6.92 Å². The van der Waals surface area contributed by atoms with Gasteiger partial charge in [-0.05, 0) is 56.5 Å². The molecule has 0 spiro atoms. The second-order valence-electron chi connectivity index (χ2n) is 8.10. The number of carbonyl (C=O) groups is 3. The minimum absolute atomic E-state index is 0.333. The summed E-state index contributed by atoms with van der Waals surface area (Å²) in [4.78, 5) is 41.2. The Hall–Kier alpha value is -3.35.